The van der Waals surface area contributed by atoms with E-state index in [1.165, 1.54) is 43.8 Å². The minimum Gasteiger partial charge on any atom is -0.456 e. The van der Waals surface area contributed by atoms with Crippen LogP contribution in [-0.2, 0) is 0 Å². The fourth-order valence-electron chi connectivity index (χ4n) is 17.2. The van der Waals surface area contributed by atoms with E-state index in [0.717, 1.165) is 167 Å². The fourth-order valence-corrected chi connectivity index (χ4v) is 17.2. The quantitative estimate of drug-likeness (QED) is 0.102. The molecule has 0 aliphatic heterocycles. The standard InChI is InChI=1S/C108H70N2O2/c1-2-23-76(24-3-1)91-33-10-14-43-100(91)110(83-62-57-72(58-63-83)71-49-53-77(54-50-71)87-39-19-27-74-25-4-6-31-85(74)87)102-70-81(61-66-95(102)97-42-22-48-106-108(97)99-38-13-17-46-104(99)112-106)90-68-67-89(92-34-8-9-35-93(90)92)79-59-64-82(65-60-79)109(101-44-15-11-36-94(101)96-41-21-47-105-107(96)98-37-12-16-45-103(98)111-105)84-30-18-29-80(69-84)73-51-55-78(56-52-73)88-40-20-28-75-26-5-7-32-86(75)88/h1-70H. The lowest BCUT2D eigenvalue weighted by atomic mass is 9.89. The molecule has 112 heavy (non-hydrogen) atoms. The van der Waals surface area contributed by atoms with Crippen molar-refractivity contribution in [3.05, 3.63) is 425 Å². The van der Waals surface area contributed by atoms with Gasteiger partial charge in [-0.05, 0) is 195 Å². The summed E-state index contributed by atoms with van der Waals surface area (Å²) in [6.07, 6.45) is 0. The second-order valence-electron chi connectivity index (χ2n) is 28.9. The third-order valence-corrected chi connectivity index (χ3v) is 22.5. The van der Waals surface area contributed by atoms with Gasteiger partial charge in [-0.1, -0.05) is 346 Å². The molecule has 4 nitrogen and oxygen atoms in total. The van der Waals surface area contributed by atoms with Crippen LogP contribution in [0, 0.1) is 0 Å². The molecule has 0 saturated carbocycles. The summed E-state index contributed by atoms with van der Waals surface area (Å²) in [4.78, 5) is 4.91. The largest absolute Gasteiger partial charge is 0.456 e. The number of hydrogen-bond acceptors (Lipinski definition) is 4. The van der Waals surface area contributed by atoms with E-state index in [-0.39, 0.29) is 0 Å². The lowest BCUT2D eigenvalue weighted by Crippen LogP contribution is -2.13. The number of furan rings is 2. The first kappa shape index (κ1) is 65.5. The molecular weight excluding hydrogens is 1360 g/mol. The smallest absolute Gasteiger partial charge is 0.136 e. The van der Waals surface area contributed by atoms with E-state index in [4.69, 9.17) is 8.83 Å². The SMILES string of the molecule is c1ccc(-c2ccccc2N(c2ccc(-c3ccc(-c4cccc5ccccc45)cc3)cc2)c2cc(-c3ccc(-c4ccc(N(c5cccc(-c6ccc(-c7cccc8ccccc78)cc6)c5)c5ccccc5-c5cccc6oc7ccccc7c56)cc4)c4ccccc34)ccc2-c2cccc3oc4ccccc4c23)cc1. The molecule has 0 N–H and O–H groups in total. The molecule has 0 saturated heterocycles. The predicted molar refractivity (Wildman–Crippen MR) is 472 cm³/mol. The van der Waals surface area contributed by atoms with Crippen LogP contribution in [0.1, 0.15) is 0 Å². The Morgan fingerprint density at radius 3 is 1.05 bits per heavy atom. The topological polar surface area (TPSA) is 32.8 Å². The molecule has 0 atom stereocenters. The van der Waals surface area contributed by atoms with Crippen LogP contribution in [0.15, 0.2) is 433 Å². The maximum absolute atomic E-state index is 6.68. The Morgan fingerprint density at radius 1 is 0.152 bits per heavy atom. The summed E-state index contributed by atoms with van der Waals surface area (Å²) in [5.41, 5.74) is 30.0. The van der Waals surface area contributed by atoms with Crippen LogP contribution in [0.25, 0.3) is 176 Å². The molecule has 0 amide bonds. The highest BCUT2D eigenvalue weighted by Crippen LogP contribution is 2.52. The number of rotatable bonds is 15. The summed E-state index contributed by atoms with van der Waals surface area (Å²) in [6, 6.07) is 155. The first-order valence-corrected chi connectivity index (χ1v) is 38.3. The van der Waals surface area contributed by atoms with E-state index in [9.17, 15) is 0 Å². The zero-order valence-electron chi connectivity index (χ0n) is 61.1. The van der Waals surface area contributed by atoms with Crippen LogP contribution in [0.2, 0.25) is 0 Å². The lowest BCUT2D eigenvalue weighted by molar-refractivity contribution is 0.668. The number of hydrogen-bond donors (Lipinski definition) is 0. The lowest BCUT2D eigenvalue weighted by Gasteiger charge is -2.31. The average Bonchev–Trinajstić information content (AvgIpc) is 1.50. The molecule has 2 heterocycles. The molecule has 0 aliphatic rings. The summed E-state index contributed by atoms with van der Waals surface area (Å²) in [5.74, 6) is 0. The molecule has 0 fully saturated rings. The minimum atomic E-state index is 0.842. The fraction of sp³-hybridized carbons (Fsp3) is 0. The first-order chi connectivity index (χ1) is 55.5. The number of anilines is 6. The van der Waals surface area contributed by atoms with E-state index in [2.05, 4.69) is 428 Å². The van der Waals surface area contributed by atoms with Crippen LogP contribution in [0.3, 0.4) is 0 Å². The van der Waals surface area contributed by atoms with E-state index in [1.807, 2.05) is 6.07 Å². The van der Waals surface area contributed by atoms with Gasteiger partial charge in [0.05, 0.1) is 17.1 Å². The van der Waals surface area contributed by atoms with Crippen LogP contribution in [0.4, 0.5) is 34.1 Å². The predicted octanol–water partition coefficient (Wildman–Crippen LogP) is 30.9. The third kappa shape index (κ3) is 11.6. The zero-order valence-corrected chi connectivity index (χ0v) is 61.1. The molecular formula is C108H70N2O2. The van der Waals surface area contributed by atoms with Crippen molar-refractivity contribution in [3.63, 3.8) is 0 Å². The number of benzene rings is 19. The van der Waals surface area contributed by atoms with Gasteiger partial charge in [0.15, 0.2) is 0 Å². The summed E-state index contributed by atoms with van der Waals surface area (Å²) in [5, 5.41) is 11.6. The van der Waals surface area contributed by atoms with Crippen molar-refractivity contribution >= 4 is 110 Å². The molecule has 0 radical (unpaired) electrons. The second kappa shape index (κ2) is 27.7. The van der Waals surface area contributed by atoms with Gasteiger partial charge in [0.25, 0.3) is 0 Å². The monoisotopic (exact) mass is 1430 g/mol. The molecule has 524 valence electrons. The highest BCUT2D eigenvalue weighted by molar-refractivity contribution is 6.16. The van der Waals surface area contributed by atoms with Crippen molar-refractivity contribution in [2.75, 3.05) is 9.80 Å². The van der Waals surface area contributed by atoms with Crippen molar-refractivity contribution in [1.82, 2.24) is 0 Å². The number of para-hydroxylation sites is 4. The maximum Gasteiger partial charge on any atom is 0.136 e. The highest BCUT2D eigenvalue weighted by Gasteiger charge is 2.27. The van der Waals surface area contributed by atoms with E-state index >= 15 is 0 Å². The van der Waals surface area contributed by atoms with Crippen molar-refractivity contribution < 1.29 is 8.83 Å². The van der Waals surface area contributed by atoms with Gasteiger partial charge in [-0.25, -0.2) is 0 Å². The molecule has 19 aromatic carbocycles. The zero-order chi connectivity index (χ0) is 74.0. The molecule has 0 unspecified atom stereocenters. The molecule has 21 aromatic rings. The summed E-state index contributed by atoms with van der Waals surface area (Å²) >= 11 is 0. The molecule has 2 aromatic heterocycles. The Kier molecular flexibility index (Phi) is 16.2. The Bertz CT molecular complexity index is 7160. The van der Waals surface area contributed by atoms with Crippen molar-refractivity contribution in [2.45, 2.75) is 0 Å². The van der Waals surface area contributed by atoms with E-state index in [1.54, 1.807) is 0 Å². The van der Waals surface area contributed by atoms with Crippen LogP contribution in [0.5, 0.6) is 0 Å². The van der Waals surface area contributed by atoms with Gasteiger partial charge in [-0.3, -0.25) is 0 Å². The van der Waals surface area contributed by atoms with Gasteiger partial charge in [0, 0.05) is 55.3 Å². The molecule has 0 aliphatic carbocycles. The van der Waals surface area contributed by atoms with E-state index < -0.39 is 0 Å². The van der Waals surface area contributed by atoms with E-state index in [0.29, 0.717) is 0 Å². The van der Waals surface area contributed by atoms with Gasteiger partial charge in [-0.2, -0.15) is 0 Å². The van der Waals surface area contributed by atoms with Crippen molar-refractivity contribution in [2.24, 2.45) is 0 Å². The molecule has 4 heteroatoms. The van der Waals surface area contributed by atoms with Crippen molar-refractivity contribution in [3.8, 4) is 100 Å². The second-order valence-corrected chi connectivity index (χ2v) is 28.9. The molecule has 0 bridgehead atoms. The Hall–Kier alpha value is -14.8. The maximum atomic E-state index is 6.68. The van der Waals surface area contributed by atoms with Gasteiger partial charge < -0.3 is 18.6 Å². The Balaban J connectivity index is 0.695. The summed E-state index contributed by atoms with van der Waals surface area (Å²) in [6.45, 7) is 0. The third-order valence-electron chi connectivity index (χ3n) is 22.5. The number of fused-ring (bicyclic) bond motifs is 9. The van der Waals surface area contributed by atoms with Gasteiger partial charge in [-0.15, -0.1) is 0 Å². The molecule has 21 rings (SSSR count). The van der Waals surface area contributed by atoms with Crippen molar-refractivity contribution in [1.29, 1.82) is 0 Å². The van der Waals surface area contributed by atoms with Crippen LogP contribution < -0.4 is 9.80 Å². The summed E-state index contributed by atoms with van der Waals surface area (Å²) < 4.78 is 13.2. The summed E-state index contributed by atoms with van der Waals surface area (Å²) in [7, 11) is 0. The minimum absolute atomic E-state index is 0.842. The van der Waals surface area contributed by atoms with Crippen LogP contribution in [-0.4, -0.2) is 0 Å². The molecule has 0 spiro atoms. The van der Waals surface area contributed by atoms with Gasteiger partial charge in [0.2, 0.25) is 0 Å². The normalized spacial score (nSPS) is 11.6. The van der Waals surface area contributed by atoms with Gasteiger partial charge >= 0.3 is 0 Å². The number of nitrogens with zero attached hydrogens (tertiary/aromatic N) is 2. The first-order valence-electron chi connectivity index (χ1n) is 38.3. The average molecular weight is 1430 g/mol. The highest BCUT2D eigenvalue weighted by atomic mass is 16.3. The van der Waals surface area contributed by atoms with Gasteiger partial charge in [0.1, 0.15) is 22.3 Å². The van der Waals surface area contributed by atoms with Crippen LogP contribution >= 0.6 is 0 Å². The Labute approximate surface area is 649 Å². The Morgan fingerprint density at radius 2 is 0.482 bits per heavy atom.